The predicted molar refractivity (Wildman–Crippen MR) is 86.0 cm³/mol. The van der Waals surface area contributed by atoms with E-state index in [0.29, 0.717) is 13.0 Å². The predicted octanol–water partition coefficient (Wildman–Crippen LogP) is 2.12. The molecule has 0 heterocycles. The number of hydrogen-bond donors (Lipinski definition) is 1. The highest BCUT2D eigenvalue weighted by atomic mass is 32.2. The molecule has 0 radical (unpaired) electrons. The Morgan fingerprint density at radius 3 is 2.60 bits per heavy atom. The van der Waals surface area contributed by atoms with Gasteiger partial charge in [0.25, 0.3) is 0 Å². The SMILES string of the molecule is CCOC1CC(N)(C(=O)N(C)C(C)CCSC)C1(C)C. The number of hydrogen-bond acceptors (Lipinski definition) is 4. The number of nitrogens with two attached hydrogens (primary N) is 1. The number of carbonyl (C=O) groups excluding carboxylic acids is 1. The van der Waals surface area contributed by atoms with Crippen molar-refractivity contribution in [3.05, 3.63) is 0 Å². The fourth-order valence-corrected chi connectivity index (χ4v) is 3.37. The number of thioether (sulfide) groups is 1. The Labute approximate surface area is 127 Å². The molecule has 1 aliphatic carbocycles. The molecule has 1 saturated carbocycles. The van der Waals surface area contributed by atoms with Crippen LogP contribution in [0.2, 0.25) is 0 Å². The van der Waals surface area contributed by atoms with Crippen LogP contribution in [0.3, 0.4) is 0 Å². The smallest absolute Gasteiger partial charge is 0.243 e. The molecule has 1 fully saturated rings. The molecule has 3 atom stereocenters. The second-order valence-electron chi connectivity index (χ2n) is 6.39. The van der Waals surface area contributed by atoms with E-state index < -0.39 is 5.54 Å². The maximum Gasteiger partial charge on any atom is 0.243 e. The van der Waals surface area contributed by atoms with E-state index in [0.717, 1.165) is 12.2 Å². The van der Waals surface area contributed by atoms with Gasteiger partial charge in [0.15, 0.2) is 0 Å². The highest BCUT2D eigenvalue weighted by Gasteiger charge is 2.63. The van der Waals surface area contributed by atoms with Crippen LogP contribution >= 0.6 is 11.8 Å². The zero-order valence-corrected chi connectivity index (χ0v) is 14.5. The zero-order valence-electron chi connectivity index (χ0n) is 13.7. The minimum Gasteiger partial charge on any atom is -0.378 e. The average Bonchev–Trinajstić information content (AvgIpc) is 2.42. The number of nitrogens with zero attached hydrogens (tertiary/aromatic N) is 1. The monoisotopic (exact) mass is 302 g/mol. The summed E-state index contributed by atoms with van der Waals surface area (Å²) in [4.78, 5) is 14.6. The van der Waals surface area contributed by atoms with Crippen molar-refractivity contribution in [2.45, 2.75) is 58.2 Å². The maximum atomic E-state index is 12.8. The summed E-state index contributed by atoms with van der Waals surface area (Å²) in [5.74, 6) is 1.11. The molecule has 1 rings (SSSR count). The summed E-state index contributed by atoms with van der Waals surface area (Å²) in [7, 11) is 1.87. The zero-order chi connectivity index (χ0) is 15.6. The second kappa shape index (κ2) is 6.67. The number of ether oxygens (including phenoxy) is 1. The standard InChI is InChI=1S/C15H30N2O2S/c1-7-19-12-10-15(16,14(12,3)4)13(18)17(5)11(2)8-9-20-6/h11-12H,7-10,16H2,1-6H3. The molecule has 3 unspecified atom stereocenters. The van der Waals surface area contributed by atoms with E-state index in [9.17, 15) is 4.79 Å². The van der Waals surface area contributed by atoms with Crippen molar-refractivity contribution in [1.29, 1.82) is 0 Å². The number of amides is 1. The fraction of sp³-hybridized carbons (Fsp3) is 0.933. The molecule has 118 valence electrons. The van der Waals surface area contributed by atoms with E-state index >= 15 is 0 Å². The molecule has 0 spiro atoms. The van der Waals surface area contributed by atoms with Crippen molar-refractivity contribution in [2.24, 2.45) is 11.1 Å². The van der Waals surface area contributed by atoms with E-state index in [4.69, 9.17) is 10.5 Å². The van der Waals surface area contributed by atoms with Gasteiger partial charge in [-0.3, -0.25) is 4.79 Å². The van der Waals surface area contributed by atoms with Gasteiger partial charge in [0.2, 0.25) is 5.91 Å². The Hall–Kier alpha value is -0.260. The third-order valence-electron chi connectivity index (χ3n) is 4.93. The summed E-state index contributed by atoms with van der Waals surface area (Å²) in [6.45, 7) is 8.80. The molecule has 1 aliphatic rings. The molecule has 20 heavy (non-hydrogen) atoms. The highest BCUT2D eigenvalue weighted by molar-refractivity contribution is 7.98. The van der Waals surface area contributed by atoms with Gasteiger partial charge in [-0.2, -0.15) is 11.8 Å². The maximum absolute atomic E-state index is 12.8. The van der Waals surface area contributed by atoms with Gasteiger partial charge in [-0.15, -0.1) is 0 Å². The molecule has 0 aromatic heterocycles. The number of carbonyl (C=O) groups is 1. The highest BCUT2D eigenvalue weighted by Crippen LogP contribution is 2.50. The Morgan fingerprint density at radius 1 is 1.55 bits per heavy atom. The molecule has 5 heteroatoms. The molecule has 0 saturated heterocycles. The van der Waals surface area contributed by atoms with Crippen LogP contribution in [0.5, 0.6) is 0 Å². The van der Waals surface area contributed by atoms with Crippen molar-refractivity contribution in [3.8, 4) is 0 Å². The molecule has 1 amide bonds. The minimum atomic E-state index is -0.796. The molecular weight excluding hydrogens is 272 g/mol. The van der Waals surface area contributed by atoms with Crippen LogP contribution in [0.1, 0.15) is 40.5 Å². The third-order valence-corrected chi connectivity index (χ3v) is 5.58. The summed E-state index contributed by atoms with van der Waals surface area (Å²) in [5.41, 5.74) is 5.33. The normalized spacial score (nSPS) is 29.6. The van der Waals surface area contributed by atoms with Crippen molar-refractivity contribution < 1.29 is 9.53 Å². The van der Waals surface area contributed by atoms with Gasteiger partial charge in [-0.25, -0.2) is 0 Å². The minimum absolute atomic E-state index is 0.0482. The number of rotatable bonds is 7. The lowest BCUT2D eigenvalue weighted by Gasteiger charge is -2.58. The molecule has 0 aliphatic heterocycles. The van der Waals surface area contributed by atoms with Crippen LogP contribution in [0, 0.1) is 5.41 Å². The van der Waals surface area contributed by atoms with Crippen molar-refractivity contribution >= 4 is 17.7 Å². The van der Waals surface area contributed by atoms with E-state index in [1.807, 2.05) is 32.7 Å². The lowest BCUT2D eigenvalue weighted by atomic mass is 9.54. The first-order chi connectivity index (χ1) is 9.22. The van der Waals surface area contributed by atoms with Crippen LogP contribution in [-0.4, -0.2) is 54.2 Å². The summed E-state index contributed by atoms with van der Waals surface area (Å²) < 4.78 is 5.69. The summed E-state index contributed by atoms with van der Waals surface area (Å²) in [5, 5.41) is 0. The Kier molecular flexibility index (Phi) is 5.93. The van der Waals surface area contributed by atoms with Gasteiger partial charge >= 0.3 is 0 Å². The van der Waals surface area contributed by atoms with Crippen molar-refractivity contribution in [3.63, 3.8) is 0 Å². The quantitative estimate of drug-likeness (QED) is 0.782. The van der Waals surface area contributed by atoms with Crippen LogP contribution in [0.25, 0.3) is 0 Å². The fourth-order valence-electron chi connectivity index (χ4n) is 2.80. The van der Waals surface area contributed by atoms with Gasteiger partial charge in [0.05, 0.1) is 6.10 Å². The Bertz CT molecular complexity index is 349. The van der Waals surface area contributed by atoms with Crippen LogP contribution in [0.15, 0.2) is 0 Å². The van der Waals surface area contributed by atoms with Gasteiger partial charge in [0, 0.05) is 31.5 Å². The Morgan fingerprint density at radius 2 is 2.15 bits per heavy atom. The van der Waals surface area contributed by atoms with Crippen LogP contribution in [-0.2, 0) is 9.53 Å². The molecule has 0 aromatic carbocycles. The molecule has 2 N–H and O–H groups in total. The first-order valence-corrected chi connectivity index (χ1v) is 8.78. The van der Waals surface area contributed by atoms with Gasteiger partial charge < -0.3 is 15.4 Å². The van der Waals surface area contributed by atoms with Crippen molar-refractivity contribution in [2.75, 3.05) is 25.7 Å². The molecule has 4 nitrogen and oxygen atoms in total. The number of likely N-dealkylation sites (N-methyl/N-ethyl adjacent to an activating group) is 1. The Balaban J connectivity index is 2.72. The lowest BCUT2D eigenvalue weighted by Crippen LogP contribution is -2.76. The largest absolute Gasteiger partial charge is 0.378 e. The van der Waals surface area contributed by atoms with Crippen LogP contribution in [0.4, 0.5) is 0 Å². The van der Waals surface area contributed by atoms with Gasteiger partial charge in [0.1, 0.15) is 5.54 Å². The van der Waals surface area contributed by atoms with Crippen molar-refractivity contribution in [1.82, 2.24) is 4.90 Å². The summed E-state index contributed by atoms with van der Waals surface area (Å²) >= 11 is 1.80. The van der Waals surface area contributed by atoms with E-state index in [-0.39, 0.29) is 23.5 Å². The van der Waals surface area contributed by atoms with E-state index in [2.05, 4.69) is 13.2 Å². The lowest BCUT2D eigenvalue weighted by molar-refractivity contribution is -0.179. The third kappa shape index (κ3) is 3.00. The van der Waals surface area contributed by atoms with E-state index in [1.54, 1.807) is 11.8 Å². The van der Waals surface area contributed by atoms with Gasteiger partial charge in [-0.05, 0) is 32.3 Å². The second-order valence-corrected chi connectivity index (χ2v) is 7.37. The topological polar surface area (TPSA) is 55.6 Å². The average molecular weight is 302 g/mol. The first kappa shape index (κ1) is 17.8. The molecule has 0 aromatic rings. The summed E-state index contributed by atoms with van der Waals surface area (Å²) in [6, 6.07) is 0.220. The van der Waals surface area contributed by atoms with Gasteiger partial charge in [-0.1, -0.05) is 13.8 Å². The van der Waals surface area contributed by atoms with E-state index in [1.165, 1.54) is 0 Å². The summed E-state index contributed by atoms with van der Waals surface area (Å²) in [6.07, 6.45) is 3.78. The first-order valence-electron chi connectivity index (χ1n) is 7.39. The molecule has 0 bridgehead atoms. The molecular formula is C15H30N2O2S. The van der Waals surface area contributed by atoms with Crippen LogP contribution < -0.4 is 5.73 Å².